The highest BCUT2D eigenvalue weighted by atomic mass is 127. The van der Waals surface area contributed by atoms with Gasteiger partial charge in [0.05, 0.1) is 12.1 Å². The number of guanidine groups is 1. The van der Waals surface area contributed by atoms with Crippen LogP contribution in [0.25, 0.3) is 0 Å². The quantitative estimate of drug-likeness (QED) is 0.274. The Kier molecular flexibility index (Phi) is 8.46. The molecule has 7 heteroatoms. The van der Waals surface area contributed by atoms with Crippen molar-refractivity contribution in [2.45, 2.75) is 45.3 Å². The van der Waals surface area contributed by atoms with Crippen LogP contribution in [0.5, 0.6) is 11.5 Å². The Morgan fingerprint density at radius 2 is 2.04 bits per heavy atom. The van der Waals surface area contributed by atoms with Gasteiger partial charge in [-0.3, -0.25) is 4.99 Å². The third-order valence-corrected chi connectivity index (χ3v) is 4.16. The number of methoxy groups -OCH3 is 1. The summed E-state index contributed by atoms with van der Waals surface area (Å²) < 4.78 is 17.3. The molecule has 0 aliphatic carbocycles. The number of fused-ring (bicyclic) bond motifs is 1. The van der Waals surface area contributed by atoms with Crippen LogP contribution in [0.2, 0.25) is 0 Å². The Labute approximate surface area is 174 Å². The van der Waals surface area contributed by atoms with Gasteiger partial charge in [-0.1, -0.05) is 12.1 Å². The van der Waals surface area contributed by atoms with Gasteiger partial charge in [-0.15, -0.1) is 24.0 Å². The number of hydrogen-bond acceptors (Lipinski definition) is 4. The molecule has 0 saturated carbocycles. The molecule has 0 saturated heterocycles. The second-order valence-electron chi connectivity index (χ2n) is 7.45. The number of nitrogens with one attached hydrogen (secondary N) is 2. The van der Waals surface area contributed by atoms with E-state index in [2.05, 4.69) is 35.5 Å². The summed E-state index contributed by atoms with van der Waals surface area (Å²) >= 11 is 0. The molecule has 26 heavy (non-hydrogen) atoms. The molecule has 0 radical (unpaired) electrons. The van der Waals surface area contributed by atoms with Crippen molar-refractivity contribution in [3.8, 4) is 11.5 Å². The molecule has 148 valence electrons. The topological polar surface area (TPSA) is 64.1 Å². The van der Waals surface area contributed by atoms with Crippen LogP contribution in [0, 0.1) is 0 Å². The normalized spacial score (nSPS) is 15.5. The Balaban J connectivity index is 0.00000338. The molecule has 1 heterocycles. The molecule has 2 rings (SSSR count). The molecular formula is C19H32IN3O3. The first-order valence-electron chi connectivity index (χ1n) is 8.70. The largest absolute Gasteiger partial charge is 0.488 e. The Morgan fingerprint density at radius 3 is 2.69 bits per heavy atom. The first-order chi connectivity index (χ1) is 11.8. The lowest BCUT2D eigenvalue weighted by molar-refractivity contribution is 0.0268. The van der Waals surface area contributed by atoms with Crippen molar-refractivity contribution < 1.29 is 14.2 Å². The van der Waals surface area contributed by atoms with Crippen molar-refractivity contribution >= 4 is 29.9 Å². The van der Waals surface area contributed by atoms with Crippen LogP contribution in [0.4, 0.5) is 0 Å². The van der Waals surface area contributed by atoms with Crippen molar-refractivity contribution in [3.05, 3.63) is 23.8 Å². The number of ether oxygens (including phenoxy) is 3. The number of rotatable bonds is 7. The van der Waals surface area contributed by atoms with E-state index in [1.54, 1.807) is 14.2 Å². The van der Waals surface area contributed by atoms with Crippen LogP contribution in [0.3, 0.4) is 0 Å². The second-order valence-corrected chi connectivity index (χ2v) is 7.45. The van der Waals surface area contributed by atoms with E-state index in [0.29, 0.717) is 19.7 Å². The van der Waals surface area contributed by atoms with Crippen LogP contribution in [0.1, 0.15) is 33.3 Å². The van der Waals surface area contributed by atoms with Crippen molar-refractivity contribution in [2.24, 2.45) is 4.99 Å². The third kappa shape index (κ3) is 6.50. The minimum absolute atomic E-state index is 0. The zero-order valence-electron chi connectivity index (χ0n) is 16.6. The fraction of sp³-hybridized carbons (Fsp3) is 0.632. The molecule has 1 aliphatic rings. The van der Waals surface area contributed by atoms with Gasteiger partial charge in [0.2, 0.25) is 0 Å². The predicted molar refractivity (Wildman–Crippen MR) is 116 cm³/mol. The zero-order chi connectivity index (χ0) is 18.5. The maximum atomic E-state index is 6.02. The number of benzene rings is 1. The molecular weight excluding hydrogens is 445 g/mol. The summed E-state index contributed by atoms with van der Waals surface area (Å²) in [4.78, 5) is 4.21. The molecule has 0 fully saturated rings. The Morgan fingerprint density at radius 1 is 1.31 bits per heavy atom. The number of aliphatic imine (C=N–C) groups is 1. The van der Waals surface area contributed by atoms with Gasteiger partial charge in [-0.2, -0.15) is 0 Å². The summed E-state index contributed by atoms with van der Waals surface area (Å²) in [7, 11) is 3.45. The van der Waals surface area contributed by atoms with Gasteiger partial charge in [0, 0.05) is 32.7 Å². The molecule has 0 spiro atoms. The molecule has 0 unspecified atom stereocenters. The van der Waals surface area contributed by atoms with Crippen molar-refractivity contribution in [2.75, 3.05) is 33.9 Å². The van der Waals surface area contributed by atoms with Crippen LogP contribution >= 0.6 is 24.0 Å². The number of nitrogens with zero attached hydrogens (tertiary/aromatic N) is 1. The Bertz CT molecular complexity index is 618. The molecule has 1 aliphatic heterocycles. The smallest absolute Gasteiger partial charge is 0.191 e. The summed E-state index contributed by atoms with van der Waals surface area (Å²) in [5.41, 5.74) is 0.790. The summed E-state index contributed by atoms with van der Waals surface area (Å²) in [6.07, 6.45) is 0.906. The number of hydrogen-bond donors (Lipinski definition) is 2. The standard InChI is InChI=1S/C19H31N3O3.HI/c1-18(2)12-14-8-7-9-15(16(14)25-18)24-11-10-21-17(20-5)22-13-19(3,4)23-6;/h7-9H,10-13H2,1-6H3,(H2,20,21,22);1H. The maximum absolute atomic E-state index is 6.02. The maximum Gasteiger partial charge on any atom is 0.191 e. The van der Waals surface area contributed by atoms with E-state index in [4.69, 9.17) is 14.2 Å². The summed E-state index contributed by atoms with van der Waals surface area (Å²) in [5.74, 6) is 2.40. The molecule has 1 aromatic rings. The van der Waals surface area contributed by atoms with Crippen LogP contribution in [-0.2, 0) is 11.2 Å². The van der Waals surface area contributed by atoms with Gasteiger partial charge in [-0.05, 0) is 33.8 Å². The zero-order valence-corrected chi connectivity index (χ0v) is 19.0. The lowest BCUT2D eigenvalue weighted by atomic mass is 10.0. The number of para-hydroxylation sites is 1. The van der Waals surface area contributed by atoms with Gasteiger partial charge < -0.3 is 24.8 Å². The molecule has 0 bridgehead atoms. The van der Waals surface area contributed by atoms with E-state index in [-0.39, 0.29) is 35.2 Å². The lowest BCUT2D eigenvalue weighted by Crippen LogP contribution is -2.46. The minimum atomic E-state index is -0.247. The lowest BCUT2D eigenvalue weighted by Gasteiger charge is -2.24. The van der Waals surface area contributed by atoms with E-state index in [1.165, 1.54) is 5.56 Å². The van der Waals surface area contributed by atoms with Crippen molar-refractivity contribution in [1.29, 1.82) is 0 Å². The van der Waals surface area contributed by atoms with Crippen molar-refractivity contribution in [1.82, 2.24) is 10.6 Å². The SMILES string of the molecule is CN=C(NCCOc1cccc2c1OC(C)(C)C2)NCC(C)(C)OC.I. The first kappa shape index (κ1) is 22.8. The monoisotopic (exact) mass is 477 g/mol. The van der Waals surface area contributed by atoms with Gasteiger partial charge in [0.15, 0.2) is 17.5 Å². The van der Waals surface area contributed by atoms with Gasteiger partial charge in [0.25, 0.3) is 0 Å². The highest BCUT2D eigenvalue weighted by molar-refractivity contribution is 14.0. The first-order valence-corrected chi connectivity index (χ1v) is 8.70. The van der Waals surface area contributed by atoms with Crippen LogP contribution in [0.15, 0.2) is 23.2 Å². The Hall–Kier alpha value is -1.22. The predicted octanol–water partition coefficient (Wildman–Crippen LogP) is 2.99. The van der Waals surface area contributed by atoms with Crippen LogP contribution in [-0.4, -0.2) is 51.0 Å². The summed E-state index contributed by atoms with van der Waals surface area (Å²) in [6.45, 7) is 10.1. The van der Waals surface area contributed by atoms with E-state index in [9.17, 15) is 0 Å². The molecule has 1 aromatic carbocycles. The summed E-state index contributed by atoms with van der Waals surface area (Å²) in [5, 5.41) is 6.48. The number of halogens is 1. The fourth-order valence-electron chi connectivity index (χ4n) is 2.62. The van der Waals surface area contributed by atoms with E-state index >= 15 is 0 Å². The van der Waals surface area contributed by atoms with E-state index in [1.807, 2.05) is 26.0 Å². The highest BCUT2D eigenvalue weighted by Crippen LogP contribution is 2.41. The van der Waals surface area contributed by atoms with Gasteiger partial charge >= 0.3 is 0 Å². The van der Waals surface area contributed by atoms with E-state index < -0.39 is 0 Å². The average Bonchev–Trinajstić information content (AvgIpc) is 2.88. The van der Waals surface area contributed by atoms with Gasteiger partial charge in [-0.25, -0.2) is 0 Å². The molecule has 6 nitrogen and oxygen atoms in total. The third-order valence-electron chi connectivity index (χ3n) is 4.16. The molecule has 0 amide bonds. The minimum Gasteiger partial charge on any atom is -0.488 e. The van der Waals surface area contributed by atoms with Crippen molar-refractivity contribution in [3.63, 3.8) is 0 Å². The van der Waals surface area contributed by atoms with Crippen LogP contribution < -0.4 is 20.1 Å². The average molecular weight is 477 g/mol. The van der Waals surface area contributed by atoms with Gasteiger partial charge in [0.1, 0.15) is 12.2 Å². The highest BCUT2D eigenvalue weighted by Gasteiger charge is 2.32. The summed E-state index contributed by atoms with van der Waals surface area (Å²) in [6, 6.07) is 6.06. The molecule has 2 N–H and O–H groups in total. The molecule has 0 atom stereocenters. The molecule has 0 aromatic heterocycles. The second kappa shape index (κ2) is 9.64. The van der Waals surface area contributed by atoms with E-state index in [0.717, 1.165) is 23.9 Å². The fourth-order valence-corrected chi connectivity index (χ4v) is 2.62.